The van der Waals surface area contributed by atoms with Crippen molar-refractivity contribution >= 4 is 88.8 Å². The third-order valence-electron chi connectivity index (χ3n) is 12.5. The number of aromatic nitrogens is 1. The molecule has 1 heterocycles. The average molecular weight is 848 g/mol. The molecular weight excluding hydrogens is 815 g/mol. The van der Waals surface area contributed by atoms with E-state index in [0.29, 0.717) is 0 Å². The molecule has 9 heteroatoms. The van der Waals surface area contributed by atoms with Crippen LogP contribution in [0.4, 0.5) is 0 Å². The number of aromatic amines is 1. The van der Waals surface area contributed by atoms with Gasteiger partial charge in [-0.3, -0.25) is 0 Å². The molecule has 11 rings (SSSR count). The van der Waals surface area contributed by atoms with E-state index in [1.54, 1.807) is 48.5 Å². The Kier molecular flexibility index (Phi) is 8.83. The molecule has 0 unspecified atom stereocenters. The number of carboxylic acid groups (broad SMARTS) is 4. The maximum atomic E-state index is 11.8. The second kappa shape index (κ2) is 14.8. The van der Waals surface area contributed by atoms with E-state index < -0.39 is 23.9 Å². The monoisotopic (exact) mass is 847 g/mol. The van der Waals surface area contributed by atoms with Gasteiger partial charge in [-0.2, -0.15) is 0 Å². The summed E-state index contributed by atoms with van der Waals surface area (Å²) in [7, 11) is 0. The van der Waals surface area contributed by atoms with Crippen molar-refractivity contribution in [2.45, 2.75) is 0 Å². The molecule has 0 bridgehead atoms. The zero-order chi connectivity index (χ0) is 44.7. The Morgan fingerprint density at radius 2 is 0.538 bits per heavy atom. The molecule has 1 aromatic heterocycles. The van der Waals surface area contributed by atoms with E-state index >= 15 is 0 Å². The van der Waals surface area contributed by atoms with E-state index in [1.807, 2.05) is 72.8 Å². The molecule has 5 N–H and O–H groups in total. The van der Waals surface area contributed by atoms with E-state index in [-0.39, 0.29) is 22.3 Å². The molecule has 10 aromatic carbocycles. The van der Waals surface area contributed by atoms with E-state index in [2.05, 4.69) is 53.5 Å². The van der Waals surface area contributed by atoms with Gasteiger partial charge in [0, 0.05) is 21.9 Å². The first kappa shape index (κ1) is 38.8. The SMILES string of the molecule is O=C(O)c1ccc2cc(-c3cc(-c4ccc5cc(C(=O)O)ccc5c4)c4[nH]c5c(-c6ccc7cc(C(=O)O)ccc7c6)cc(-c6ccc7cc(C(=O)O)ccc7c6)cc5c4c3)ccc2c1. The molecule has 0 fully saturated rings. The molecule has 0 aliphatic heterocycles. The van der Waals surface area contributed by atoms with Gasteiger partial charge < -0.3 is 25.4 Å². The van der Waals surface area contributed by atoms with E-state index in [9.17, 15) is 39.6 Å². The minimum absolute atomic E-state index is 0.202. The fourth-order valence-electron chi connectivity index (χ4n) is 9.10. The number of carboxylic acids is 4. The number of H-pyrrole nitrogens is 1. The fraction of sp³-hybridized carbons (Fsp3) is 0. The molecule has 0 spiro atoms. The van der Waals surface area contributed by atoms with Crippen molar-refractivity contribution in [2.75, 3.05) is 0 Å². The highest BCUT2D eigenvalue weighted by Gasteiger charge is 2.20. The van der Waals surface area contributed by atoms with Crippen molar-refractivity contribution < 1.29 is 39.6 Å². The summed E-state index contributed by atoms with van der Waals surface area (Å²) in [5, 5.41) is 47.3. The molecule has 0 radical (unpaired) electrons. The Bertz CT molecular complexity index is 3670. The molecular formula is C56H33NO8. The van der Waals surface area contributed by atoms with Crippen LogP contribution in [-0.4, -0.2) is 49.3 Å². The second-order valence-electron chi connectivity index (χ2n) is 16.3. The van der Waals surface area contributed by atoms with Crippen molar-refractivity contribution in [1.82, 2.24) is 4.98 Å². The van der Waals surface area contributed by atoms with Gasteiger partial charge >= 0.3 is 23.9 Å². The van der Waals surface area contributed by atoms with Crippen molar-refractivity contribution in [3.05, 3.63) is 192 Å². The number of rotatable bonds is 8. The summed E-state index contributed by atoms with van der Waals surface area (Å²) in [5.41, 5.74) is 9.89. The van der Waals surface area contributed by atoms with Crippen LogP contribution in [0.2, 0.25) is 0 Å². The van der Waals surface area contributed by atoms with E-state index in [1.165, 1.54) is 0 Å². The zero-order valence-electron chi connectivity index (χ0n) is 34.1. The molecule has 0 aliphatic rings. The van der Waals surface area contributed by atoms with E-state index in [4.69, 9.17) is 0 Å². The molecule has 0 atom stereocenters. The number of carbonyl (C=O) groups is 4. The number of benzene rings is 10. The van der Waals surface area contributed by atoms with Gasteiger partial charge in [0.2, 0.25) is 0 Å². The largest absolute Gasteiger partial charge is 0.478 e. The van der Waals surface area contributed by atoms with Gasteiger partial charge in [0.25, 0.3) is 0 Å². The van der Waals surface area contributed by atoms with Crippen LogP contribution in [0.5, 0.6) is 0 Å². The number of nitrogens with one attached hydrogen (secondary N) is 1. The predicted octanol–water partition coefficient (Wildman–Crippen LogP) is 13.4. The van der Waals surface area contributed by atoms with Gasteiger partial charge in [-0.1, -0.05) is 72.8 Å². The predicted molar refractivity (Wildman–Crippen MR) is 255 cm³/mol. The number of fused-ring (bicyclic) bond motifs is 7. The molecule has 0 aliphatic carbocycles. The first-order valence-corrected chi connectivity index (χ1v) is 20.7. The molecule has 11 aromatic rings. The highest BCUT2D eigenvalue weighted by atomic mass is 16.4. The standard InChI is InChI=1S/C56H33NO8/c58-53(59)41-13-7-29-17-37(3-1-33(29)21-41)45-25-47(39-11-5-35-23-43(55(62)63)15-9-31(35)19-39)51-49(27-45)50-28-46(38-4-2-34-22-42(54(60)61)14-8-30(34)18-38)26-48(52(50)57-51)40-12-6-36-24-44(56(64)65)16-10-32(36)20-40/h1-28,57H,(H,58,59)(H,60,61)(H,62,63)(H,64,65). The summed E-state index contributed by atoms with van der Waals surface area (Å²) in [4.78, 5) is 51.1. The first-order chi connectivity index (χ1) is 31.4. The van der Waals surface area contributed by atoms with Crippen LogP contribution in [0.1, 0.15) is 41.4 Å². The number of hydrogen-bond acceptors (Lipinski definition) is 4. The van der Waals surface area contributed by atoms with Crippen LogP contribution in [0, 0.1) is 0 Å². The Hall–Kier alpha value is -9.08. The van der Waals surface area contributed by atoms with Crippen LogP contribution >= 0.6 is 0 Å². The lowest BCUT2D eigenvalue weighted by atomic mass is 9.91. The van der Waals surface area contributed by atoms with Crippen LogP contribution < -0.4 is 0 Å². The lowest BCUT2D eigenvalue weighted by molar-refractivity contribution is 0.0686. The van der Waals surface area contributed by atoms with Crippen LogP contribution in [0.15, 0.2) is 170 Å². The van der Waals surface area contributed by atoms with Gasteiger partial charge in [0.1, 0.15) is 0 Å². The van der Waals surface area contributed by atoms with Gasteiger partial charge in [0.05, 0.1) is 33.3 Å². The highest BCUT2D eigenvalue weighted by Crippen LogP contribution is 2.44. The fourth-order valence-corrected chi connectivity index (χ4v) is 9.10. The number of aromatic carboxylic acids is 4. The van der Waals surface area contributed by atoms with Gasteiger partial charge in [-0.15, -0.1) is 0 Å². The average Bonchev–Trinajstić information content (AvgIpc) is 3.70. The van der Waals surface area contributed by atoms with Gasteiger partial charge in [0.15, 0.2) is 0 Å². The number of hydrogen-bond donors (Lipinski definition) is 5. The summed E-state index contributed by atoms with van der Waals surface area (Å²) in [6.45, 7) is 0. The summed E-state index contributed by atoms with van der Waals surface area (Å²) < 4.78 is 0. The molecule has 9 nitrogen and oxygen atoms in total. The quantitative estimate of drug-likeness (QED) is 0.101. The van der Waals surface area contributed by atoms with Gasteiger partial charge in [-0.25, -0.2) is 19.2 Å². The lowest BCUT2D eigenvalue weighted by Crippen LogP contribution is -1.95. The third-order valence-corrected chi connectivity index (χ3v) is 12.5. The molecule has 0 amide bonds. The normalized spacial score (nSPS) is 11.6. The Morgan fingerprint density at radius 1 is 0.277 bits per heavy atom. The summed E-state index contributed by atoms with van der Waals surface area (Å²) in [6, 6.07) is 52.9. The smallest absolute Gasteiger partial charge is 0.335 e. The molecule has 0 saturated heterocycles. The van der Waals surface area contributed by atoms with Crippen LogP contribution in [0.3, 0.4) is 0 Å². The maximum Gasteiger partial charge on any atom is 0.335 e. The van der Waals surface area contributed by atoms with E-state index in [0.717, 1.165) is 109 Å². The Labute approximate surface area is 368 Å². The summed E-state index contributed by atoms with van der Waals surface area (Å²) in [6.07, 6.45) is 0. The van der Waals surface area contributed by atoms with Crippen molar-refractivity contribution in [1.29, 1.82) is 0 Å². The summed E-state index contributed by atoms with van der Waals surface area (Å²) >= 11 is 0. The highest BCUT2D eigenvalue weighted by molar-refractivity contribution is 6.18. The first-order valence-electron chi connectivity index (χ1n) is 20.7. The lowest BCUT2D eigenvalue weighted by Gasteiger charge is -2.12. The summed E-state index contributed by atoms with van der Waals surface area (Å²) in [5.74, 6) is -3.99. The molecule has 310 valence electrons. The van der Waals surface area contributed by atoms with Crippen molar-refractivity contribution in [3.8, 4) is 44.5 Å². The Balaban J connectivity index is 1.19. The maximum absolute atomic E-state index is 11.8. The zero-order valence-corrected chi connectivity index (χ0v) is 34.1. The minimum atomic E-state index is -0.999. The third kappa shape index (κ3) is 6.75. The Morgan fingerprint density at radius 3 is 0.846 bits per heavy atom. The van der Waals surface area contributed by atoms with Crippen molar-refractivity contribution in [2.24, 2.45) is 0 Å². The van der Waals surface area contributed by atoms with Crippen LogP contribution in [-0.2, 0) is 0 Å². The molecule has 65 heavy (non-hydrogen) atoms. The minimum Gasteiger partial charge on any atom is -0.478 e. The second-order valence-corrected chi connectivity index (χ2v) is 16.3. The van der Waals surface area contributed by atoms with Gasteiger partial charge in [-0.05, 0) is 174 Å². The topological polar surface area (TPSA) is 165 Å². The van der Waals surface area contributed by atoms with Crippen LogP contribution in [0.25, 0.3) is 109 Å². The molecule has 0 saturated carbocycles. The van der Waals surface area contributed by atoms with Crippen molar-refractivity contribution in [3.63, 3.8) is 0 Å².